The number of rotatable bonds is 7. The van der Waals surface area contributed by atoms with Gasteiger partial charge in [0.1, 0.15) is 11.6 Å². The van der Waals surface area contributed by atoms with Gasteiger partial charge >= 0.3 is 0 Å². The predicted molar refractivity (Wildman–Crippen MR) is 142 cm³/mol. The highest BCUT2D eigenvalue weighted by molar-refractivity contribution is 5.85. The van der Waals surface area contributed by atoms with Crippen molar-refractivity contribution in [3.8, 4) is 5.75 Å². The van der Waals surface area contributed by atoms with E-state index in [9.17, 15) is 9.50 Å². The molecule has 2 heterocycles. The highest BCUT2D eigenvalue weighted by atomic mass is 35.5. The first-order valence-corrected chi connectivity index (χ1v) is 12.0. The molecule has 5 rings (SSSR count). The summed E-state index contributed by atoms with van der Waals surface area (Å²) in [6.07, 6.45) is 3.12. The number of imidazole rings is 1. The number of aryl methyl sites for hydroxylation is 1. The van der Waals surface area contributed by atoms with Gasteiger partial charge in [0.05, 0.1) is 17.6 Å². The molecule has 0 unspecified atom stereocenters. The zero-order valence-corrected chi connectivity index (χ0v) is 20.8. The first-order valence-electron chi connectivity index (χ1n) is 12.0. The summed E-state index contributed by atoms with van der Waals surface area (Å²) in [6, 6.07) is 21.1. The molecule has 0 spiro atoms. The Labute approximate surface area is 212 Å². The van der Waals surface area contributed by atoms with E-state index in [1.807, 2.05) is 43.3 Å². The zero-order chi connectivity index (χ0) is 23.5. The number of hydrogen-bond acceptors (Lipinski definition) is 4. The van der Waals surface area contributed by atoms with Crippen LogP contribution in [-0.4, -0.2) is 45.2 Å². The molecular weight excluding hydrogens is 463 g/mol. The minimum absolute atomic E-state index is 0. The molecule has 184 valence electrons. The maximum atomic E-state index is 13.4. The number of phenolic OH excluding ortho intramolecular Hbond substituents is 1. The molecule has 5 nitrogen and oxygen atoms in total. The monoisotopic (exact) mass is 494 g/mol. The van der Waals surface area contributed by atoms with Gasteiger partial charge in [0, 0.05) is 25.7 Å². The molecule has 0 saturated carbocycles. The molecule has 0 atom stereocenters. The Morgan fingerprint density at radius 1 is 1.00 bits per heavy atom. The molecule has 0 aliphatic carbocycles. The van der Waals surface area contributed by atoms with Gasteiger partial charge in [0.25, 0.3) is 0 Å². The van der Waals surface area contributed by atoms with Crippen molar-refractivity contribution in [2.24, 2.45) is 0 Å². The van der Waals surface area contributed by atoms with Crippen LogP contribution in [-0.2, 0) is 13.0 Å². The van der Waals surface area contributed by atoms with E-state index in [-0.39, 0.29) is 18.2 Å². The molecule has 4 aromatic rings. The van der Waals surface area contributed by atoms with Crippen LogP contribution in [0.3, 0.4) is 0 Å². The van der Waals surface area contributed by atoms with Gasteiger partial charge in [-0.3, -0.25) is 0 Å². The lowest BCUT2D eigenvalue weighted by molar-refractivity contribution is 0.221. The summed E-state index contributed by atoms with van der Waals surface area (Å²) in [5.74, 6) is 1.02. The molecular formula is C28H32ClFN4O. The summed E-state index contributed by atoms with van der Waals surface area (Å²) < 4.78 is 15.6. The largest absolute Gasteiger partial charge is 0.508 e. The van der Waals surface area contributed by atoms with Gasteiger partial charge in [-0.15, -0.1) is 12.4 Å². The van der Waals surface area contributed by atoms with E-state index in [0.717, 1.165) is 67.0 Å². The van der Waals surface area contributed by atoms with Gasteiger partial charge in [0.2, 0.25) is 5.95 Å². The van der Waals surface area contributed by atoms with Gasteiger partial charge < -0.3 is 19.9 Å². The second kappa shape index (κ2) is 11.1. The first kappa shape index (κ1) is 25.0. The molecule has 1 aliphatic heterocycles. The van der Waals surface area contributed by atoms with Crippen LogP contribution >= 0.6 is 12.4 Å². The average molecular weight is 495 g/mol. The number of likely N-dealkylation sites (tertiary alicyclic amines) is 1. The van der Waals surface area contributed by atoms with Crippen molar-refractivity contribution in [2.75, 3.05) is 25.0 Å². The van der Waals surface area contributed by atoms with Crippen molar-refractivity contribution in [2.45, 2.75) is 38.8 Å². The summed E-state index contributed by atoms with van der Waals surface area (Å²) in [5.41, 5.74) is 5.30. The van der Waals surface area contributed by atoms with Crippen LogP contribution < -0.4 is 5.32 Å². The van der Waals surface area contributed by atoms with Crippen LogP contribution in [0, 0.1) is 12.7 Å². The third kappa shape index (κ3) is 5.95. The number of aromatic hydroxyl groups is 1. The fraction of sp³-hybridized carbons (Fsp3) is 0.321. The summed E-state index contributed by atoms with van der Waals surface area (Å²) in [6.45, 7) is 5.72. The number of nitrogens with one attached hydrogen (secondary N) is 1. The van der Waals surface area contributed by atoms with Crippen LogP contribution in [0.4, 0.5) is 10.3 Å². The van der Waals surface area contributed by atoms with E-state index in [1.54, 1.807) is 6.07 Å². The second-order valence-corrected chi connectivity index (χ2v) is 9.27. The maximum absolute atomic E-state index is 13.4. The van der Waals surface area contributed by atoms with Gasteiger partial charge in [-0.25, -0.2) is 9.37 Å². The molecule has 0 radical (unpaired) electrons. The standard InChI is InChI=1S/C28H31FN4O.ClH/c1-20-18-21(8-11-27(20)34)12-15-32-16-13-24(14-17-32)30-28-31-25-4-2-3-5-26(25)33(28)19-22-6-9-23(29)10-7-22;/h2-11,18,24,34H,12-17,19H2,1H3,(H,30,31);1H. The topological polar surface area (TPSA) is 53.3 Å². The third-order valence-corrected chi connectivity index (χ3v) is 6.81. The number of hydrogen-bond donors (Lipinski definition) is 2. The maximum Gasteiger partial charge on any atom is 0.204 e. The predicted octanol–water partition coefficient (Wildman–Crippen LogP) is 5.78. The Bertz CT molecular complexity index is 1270. The van der Waals surface area contributed by atoms with Crippen molar-refractivity contribution >= 4 is 29.4 Å². The van der Waals surface area contributed by atoms with Crippen molar-refractivity contribution in [1.29, 1.82) is 0 Å². The first-order chi connectivity index (χ1) is 16.5. The lowest BCUT2D eigenvalue weighted by atomic mass is 10.0. The Morgan fingerprint density at radius 2 is 1.71 bits per heavy atom. The molecule has 1 aromatic heterocycles. The Balaban J connectivity index is 0.00000289. The highest BCUT2D eigenvalue weighted by Crippen LogP contribution is 2.24. The number of halogens is 2. The van der Waals surface area contributed by atoms with E-state index in [1.165, 1.54) is 17.7 Å². The average Bonchev–Trinajstić information content (AvgIpc) is 3.19. The fourth-order valence-corrected chi connectivity index (χ4v) is 4.76. The number of phenols is 1. The molecule has 35 heavy (non-hydrogen) atoms. The molecule has 0 bridgehead atoms. The van der Waals surface area contributed by atoms with Crippen molar-refractivity contribution < 1.29 is 9.50 Å². The van der Waals surface area contributed by atoms with Crippen molar-refractivity contribution in [1.82, 2.24) is 14.5 Å². The number of benzene rings is 3. The number of aromatic nitrogens is 2. The van der Waals surface area contributed by atoms with Gasteiger partial charge in [-0.05, 0) is 73.2 Å². The van der Waals surface area contributed by atoms with Crippen LogP contribution in [0.25, 0.3) is 11.0 Å². The third-order valence-electron chi connectivity index (χ3n) is 6.81. The Morgan fingerprint density at radius 3 is 2.46 bits per heavy atom. The second-order valence-electron chi connectivity index (χ2n) is 9.27. The lowest BCUT2D eigenvalue weighted by Crippen LogP contribution is -2.40. The van der Waals surface area contributed by atoms with E-state index < -0.39 is 0 Å². The molecule has 7 heteroatoms. The smallest absolute Gasteiger partial charge is 0.204 e. The van der Waals surface area contributed by atoms with Crippen LogP contribution in [0.5, 0.6) is 5.75 Å². The van der Waals surface area contributed by atoms with Gasteiger partial charge in [-0.2, -0.15) is 0 Å². The molecule has 2 N–H and O–H groups in total. The zero-order valence-electron chi connectivity index (χ0n) is 20.0. The molecule has 1 fully saturated rings. The Hall–Kier alpha value is -3.09. The van der Waals surface area contributed by atoms with Crippen LogP contribution in [0.15, 0.2) is 66.7 Å². The number of piperidine rings is 1. The van der Waals surface area contributed by atoms with E-state index in [0.29, 0.717) is 18.3 Å². The van der Waals surface area contributed by atoms with Crippen molar-refractivity contribution in [3.05, 3.63) is 89.2 Å². The lowest BCUT2D eigenvalue weighted by Gasteiger charge is -2.32. The summed E-state index contributed by atoms with van der Waals surface area (Å²) in [7, 11) is 0. The summed E-state index contributed by atoms with van der Waals surface area (Å²) in [5, 5.41) is 13.4. The van der Waals surface area contributed by atoms with Gasteiger partial charge in [-0.1, -0.05) is 36.4 Å². The minimum Gasteiger partial charge on any atom is -0.508 e. The van der Waals surface area contributed by atoms with Gasteiger partial charge in [0.15, 0.2) is 0 Å². The SMILES string of the molecule is Cc1cc(CCN2CCC(Nc3nc4ccccc4n3Cc3ccc(F)cc3)CC2)ccc1O.Cl. The molecule has 3 aromatic carbocycles. The van der Waals surface area contributed by atoms with Crippen LogP contribution in [0.2, 0.25) is 0 Å². The van der Waals surface area contributed by atoms with E-state index in [2.05, 4.69) is 26.9 Å². The summed E-state index contributed by atoms with van der Waals surface area (Å²) in [4.78, 5) is 7.39. The fourth-order valence-electron chi connectivity index (χ4n) is 4.76. The van der Waals surface area contributed by atoms with E-state index in [4.69, 9.17) is 4.98 Å². The van der Waals surface area contributed by atoms with Crippen molar-refractivity contribution in [3.63, 3.8) is 0 Å². The molecule has 0 amide bonds. The number of para-hydroxylation sites is 2. The van der Waals surface area contributed by atoms with E-state index >= 15 is 0 Å². The summed E-state index contributed by atoms with van der Waals surface area (Å²) >= 11 is 0. The number of nitrogens with zero attached hydrogens (tertiary/aromatic N) is 3. The van der Waals surface area contributed by atoms with Crippen LogP contribution in [0.1, 0.15) is 29.5 Å². The number of fused-ring (bicyclic) bond motifs is 1. The highest BCUT2D eigenvalue weighted by Gasteiger charge is 2.21. The quantitative estimate of drug-likeness (QED) is 0.342. The number of anilines is 1. The molecule has 1 aliphatic rings. The Kier molecular flexibility index (Phi) is 7.93. The molecule has 1 saturated heterocycles. The minimum atomic E-state index is -0.218. The normalized spacial score (nSPS) is 14.7.